The molecule has 0 saturated carbocycles. The number of hydrogen-bond acceptors (Lipinski definition) is 3. The lowest BCUT2D eigenvalue weighted by Crippen LogP contribution is -1.75. The summed E-state index contributed by atoms with van der Waals surface area (Å²) in [5.41, 5.74) is 0. The molecule has 9 heavy (non-hydrogen) atoms. The van der Waals surface area contributed by atoms with Gasteiger partial charge in [-0.3, -0.25) is 0 Å². The zero-order chi connectivity index (χ0) is 7.33. The van der Waals surface area contributed by atoms with Crippen LogP contribution in [0, 0.1) is 0 Å². The van der Waals surface area contributed by atoms with Gasteiger partial charge in [-0.2, -0.15) is 0 Å². The summed E-state index contributed by atoms with van der Waals surface area (Å²) < 4.78 is 29.9. The molecule has 0 saturated heterocycles. The van der Waals surface area contributed by atoms with Gasteiger partial charge in [-0.15, -0.1) is 4.20 Å². The quantitative estimate of drug-likeness (QED) is 0.458. The van der Waals surface area contributed by atoms with Crippen molar-refractivity contribution in [3.63, 3.8) is 0 Å². The highest BCUT2D eigenvalue weighted by atomic mass is 31.2. The molecule has 0 aliphatic rings. The van der Waals surface area contributed by atoms with Gasteiger partial charge in [0.05, 0.1) is 12.5 Å². The zero-order valence-electron chi connectivity index (χ0n) is 4.62. The van der Waals surface area contributed by atoms with Crippen molar-refractivity contribution in [3.05, 3.63) is 25.7 Å². The summed E-state index contributed by atoms with van der Waals surface area (Å²) in [5.74, 6) is 0. The molecule has 0 radical (unpaired) electrons. The highest BCUT2D eigenvalue weighted by molar-refractivity contribution is 7.48. The second-order valence-electron chi connectivity index (χ2n) is 0.975. The summed E-state index contributed by atoms with van der Waals surface area (Å²) in [6, 6.07) is 0. The standard InChI is InChI=1S/C4H6FO3P/c1-3-7-9(5,6)8-4-2/h3-4H,1-2H2. The van der Waals surface area contributed by atoms with Gasteiger partial charge in [0.15, 0.2) is 0 Å². The maximum absolute atomic E-state index is 12.1. The largest absolute Gasteiger partial charge is 0.627 e. The van der Waals surface area contributed by atoms with Crippen LogP contribution in [-0.2, 0) is 13.6 Å². The first-order valence-electron chi connectivity index (χ1n) is 2.00. The Hall–Kier alpha value is -0.760. The summed E-state index contributed by atoms with van der Waals surface area (Å²) in [7, 11) is -4.43. The summed E-state index contributed by atoms with van der Waals surface area (Å²) in [4.78, 5) is 0. The Labute approximate surface area is 52.4 Å². The first-order chi connectivity index (χ1) is 4.12. The van der Waals surface area contributed by atoms with Gasteiger partial charge < -0.3 is 9.05 Å². The third kappa shape index (κ3) is 3.79. The van der Waals surface area contributed by atoms with E-state index in [4.69, 9.17) is 0 Å². The molecule has 0 aromatic rings. The molecule has 0 atom stereocenters. The van der Waals surface area contributed by atoms with E-state index in [1.54, 1.807) is 0 Å². The molecule has 0 amide bonds. The molecule has 0 aromatic heterocycles. The SMILES string of the molecule is C=COP(=O)(F)OC=C. The van der Waals surface area contributed by atoms with E-state index in [9.17, 15) is 8.76 Å². The van der Waals surface area contributed by atoms with Crippen LogP contribution in [0.4, 0.5) is 4.20 Å². The Morgan fingerprint density at radius 3 is 1.89 bits per heavy atom. The summed E-state index contributed by atoms with van der Waals surface area (Å²) in [6.45, 7) is 5.96. The van der Waals surface area contributed by atoms with Gasteiger partial charge in [0, 0.05) is 0 Å². The maximum atomic E-state index is 12.1. The Bertz CT molecular complexity index is 142. The lowest BCUT2D eigenvalue weighted by atomic mass is 11.2. The fraction of sp³-hybridized carbons (Fsp3) is 0. The molecule has 52 valence electrons. The topological polar surface area (TPSA) is 35.5 Å². The molecule has 0 rings (SSSR count). The molecular formula is C4H6FO3P. The van der Waals surface area contributed by atoms with Gasteiger partial charge in [0.25, 0.3) is 0 Å². The van der Waals surface area contributed by atoms with E-state index < -0.39 is 7.91 Å². The zero-order valence-corrected chi connectivity index (χ0v) is 5.51. The van der Waals surface area contributed by atoms with E-state index in [2.05, 4.69) is 22.2 Å². The normalized spacial score (nSPS) is 9.89. The molecule has 0 N–H and O–H groups in total. The second-order valence-corrected chi connectivity index (χ2v) is 2.26. The molecule has 0 aliphatic carbocycles. The minimum Gasteiger partial charge on any atom is -0.401 e. The fourth-order valence-electron chi connectivity index (χ4n) is 0.203. The molecule has 0 aromatic carbocycles. The summed E-state index contributed by atoms with van der Waals surface area (Å²) >= 11 is 0. The lowest BCUT2D eigenvalue weighted by Gasteiger charge is -2.02. The van der Waals surface area contributed by atoms with E-state index in [0.29, 0.717) is 12.5 Å². The molecular weight excluding hydrogens is 146 g/mol. The summed E-state index contributed by atoms with van der Waals surface area (Å²) in [5, 5.41) is 0. The van der Waals surface area contributed by atoms with Crippen molar-refractivity contribution in [2.45, 2.75) is 0 Å². The van der Waals surface area contributed by atoms with Crippen LogP contribution in [0.15, 0.2) is 25.7 Å². The van der Waals surface area contributed by atoms with Crippen LogP contribution < -0.4 is 0 Å². The molecule has 0 fully saturated rings. The monoisotopic (exact) mass is 152 g/mol. The minimum atomic E-state index is -4.43. The van der Waals surface area contributed by atoms with Crippen LogP contribution in [0.5, 0.6) is 0 Å². The van der Waals surface area contributed by atoms with Crippen molar-refractivity contribution >= 4 is 7.91 Å². The molecule has 3 nitrogen and oxygen atoms in total. The highest BCUT2D eigenvalue weighted by Gasteiger charge is 2.22. The first kappa shape index (κ1) is 8.24. The van der Waals surface area contributed by atoms with Crippen molar-refractivity contribution in [3.8, 4) is 0 Å². The third-order valence-electron chi connectivity index (χ3n) is 0.401. The van der Waals surface area contributed by atoms with Crippen molar-refractivity contribution in [2.75, 3.05) is 0 Å². The van der Waals surface area contributed by atoms with E-state index in [0.717, 1.165) is 0 Å². The first-order valence-corrected chi connectivity index (χ1v) is 3.44. The number of halogens is 1. The molecule has 0 unspecified atom stereocenters. The van der Waals surface area contributed by atoms with Gasteiger partial charge in [-0.1, -0.05) is 13.2 Å². The van der Waals surface area contributed by atoms with Gasteiger partial charge in [0.1, 0.15) is 0 Å². The average Bonchev–Trinajstić information content (AvgIpc) is 1.64. The molecule has 0 heterocycles. The summed E-state index contributed by atoms with van der Waals surface area (Å²) in [6.07, 6.45) is 1.40. The van der Waals surface area contributed by atoms with Crippen molar-refractivity contribution in [1.82, 2.24) is 0 Å². The third-order valence-corrected chi connectivity index (χ3v) is 1.20. The maximum Gasteiger partial charge on any atom is 0.627 e. The minimum absolute atomic E-state index is 0.699. The van der Waals surface area contributed by atoms with E-state index in [-0.39, 0.29) is 0 Å². The predicted molar refractivity (Wildman–Crippen MR) is 31.3 cm³/mol. The Kier molecular flexibility index (Phi) is 3.02. The Morgan fingerprint density at radius 2 is 1.67 bits per heavy atom. The predicted octanol–water partition coefficient (Wildman–Crippen LogP) is 2.38. The van der Waals surface area contributed by atoms with Crippen LogP contribution in [0.3, 0.4) is 0 Å². The van der Waals surface area contributed by atoms with Gasteiger partial charge in [-0.25, -0.2) is 4.57 Å². The van der Waals surface area contributed by atoms with Crippen molar-refractivity contribution in [1.29, 1.82) is 0 Å². The molecule has 0 bridgehead atoms. The number of hydrogen-bond donors (Lipinski definition) is 0. The van der Waals surface area contributed by atoms with Crippen LogP contribution in [0.1, 0.15) is 0 Å². The van der Waals surface area contributed by atoms with Crippen LogP contribution >= 0.6 is 7.91 Å². The average molecular weight is 152 g/mol. The number of rotatable bonds is 4. The van der Waals surface area contributed by atoms with Gasteiger partial charge in [0.2, 0.25) is 0 Å². The van der Waals surface area contributed by atoms with Crippen LogP contribution in [0.2, 0.25) is 0 Å². The molecule has 0 spiro atoms. The fourth-order valence-corrected chi connectivity index (χ4v) is 0.609. The van der Waals surface area contributed by atoms with Crippen molar-refractivity contribution < 1.29 is 17.8 Å². The van der Waals surface area contributed by atoms with Crippen LogP contribution in [-0.4, -0.2) is 0 Å². The van der Waals surface area contributed by atoms with E-state index in [1.165, 1.54) is 0 Å². The van der Waals surface area contributed by atoms with Gasteiger partial charge >= 0.3 is 7.91 Å². The second kappa shape index (κ2) is 3.30. The Morgan fingerprint density at radius 1 is 1.33 bits per heavy atom. The van der Waals surface area contributed by atoms with Crippen molar-refractivity contribution in [2.24, 2.45) is 0 Å². The van der Waals surface area contributed by atoms with E-state index in [1.807, 2.05) is 0 Å². The lowest BCUT2D eigenvalue weighted by molar-refractivity contribution is 0.284. The van der Waals surface area contributed by atoms with Gasteiger partial charge in [-0.05, 0) is 0 Å². The molecule has 5 heteroatoms. The molecule has 0 aliphatic heterocycles. The van der Waals surface area contributed by atoms with Crippen LogP contribution in [0.25, 0.3) is 0 Å². The highest BCUT2D eigenvalue weighted by Crippen LogP contribution is 2.50. The Balaban J connectivity index is 3.85. The smallest absolute Gasteiger partial charge is 0.401 e. The van der Waals surface area contributed by atoms with E-state index >= 15 is 0 Å².